The fourth-order valence-corrected chi connectivity index (χ4v) is 3.82. The smallest absolute Gasteiger partial charge is 0.258 e. The van der Waals surface area contributed by atoms with Crippen LogP contribution in [-0.4, -0.2) is 36.6 Å². The third kappa shape index (κ3) is 6.36. The van der Waals surface area contributed by atoms with Crippen molar-refractivity contribution in [1.29, 1.82) is 5.26 Å². The van der Waals surface area contributed by atoms with Gasteiger partial charge >= 0.3 is 0 Å². The van der Waals surface area contributed by atoms with Gasteiger partial charge in [0, 0.05) is 29.8 Å². The van der Waals surface area contributed by atoms with Gasteiger partial charge in [-0.1, -0.05) is 18.9 Å². The fourth-order valence-electron chi connectivity index (χ4n) is 3.30. The van der Waals surface area contributed by atoms with Crippen LogP contribution in [0, 0.1) is 11.3 Å². The zero-order chi connectivity index (χ0) is 22.4. The minimum absolute atomic E-state index is 0.124. The fraction of sp³-hybridized carbons (Fsp3) is 0.364. The maximum absolute atomic E-state index is 12.8. The first kappa shape index (κ1) is 22.4. The molecule has 1 unspecified atom stereocenters. The second-order valence-electron chi connectivity index (χ2n) is 7.59. The highest BCUT2D eigenvalue weighted by Crippen LogP contribution is 2.34. The van der Waals surface area contributed by atoms with Crippen LogP contribution in [0.1, 0.15) is 60.3 Å². The maximum atomic E-state index is 12.8. The summed E-state index contributed by atoms with van der Waals surface area (Å²) >= 11 is 0. The number of benzene rings is 1. The lowest BCUT2D eigenvalue weighted by molar-refractivity contribution is 0.0943. The van der Waals surface area contributed by atoms with E-state index in [9.17, 15) is 13.2 Å². The van der Waals surface area contributed by atoms with Gasteiger partial charge in [-0.2, -0.15) is 10.2 Å². The number of sulfone groups is 1. The Balaban J connectivity index is 1.87. The van der Waals surface area contributed by atoms with E-state index in [0.717, 1.165) is 37.3 Å². The molecule has 1 atom stereocenters. The molecule has 0 aliphatic heterocycles. The summed E-state index contributed by atoms with van der Waals surface area (Å²) in [6.07, 6.45) is 8.14. The molecule has 0 spiro atoms. The van der Waals surface area contributed by atoms with Crippen LogP contribution in [0.15, 0.2) is 41.9 Å². The van der Waals surface area contributed by atoms with Crippen molar-refractivity contribution in [2.45, 2.75) is 44.6 Å². The van der Waals surface area contributed by atoms with Crippen LogP contribution >= 0.6 is 0 Å². The molecule has 1 N–H and O–H groups in total. The van der Waals surface area contributed by atoms with Crippen molar-refractivity contribution >= 4 is 15.7 Å². The Morgan fingerprint density at radius 2 is 1.97 bits per heavy atom. The van der Waals surface area contributed by atoms with E-state index < -0.39 is 21.8 Å². The molecule has 8 nitrogen and oxygen atoms in total. The van der Waals surface area contributed by atoms with Gasteiger partial charge in [0.05, 0.1) is 11.6 Å². The van der Waals surface area contributed by atoms with Crippen LogP contribution in [0.5, 0.6) is 11.6 Å². The molecule has 0 saturated heterocycles. The van der Waals surface area contributed by atoms with Gasteiger partial charge in [0.2, 0.25) is 5.88 Å². The van der Waals surface area contributed by atoms with Gasteiger partial charge in [0.15, 0.2) is 9.84 Å². The molecule has 162 valence electrons. The lowest BCUT2D eigenvalue weighted by Crippen LogP contribution is -2.31. The topological polar surface area (TPSA) is 122 Å². The van der Waals surface area contributed by atoms with Crippen LogP contribution in [-0.2, 0) is 9.84 Å². The zero-order valence-corrected chi connectivity index (χ0v) is 18.2. The Morgan fingerprint density at radius 3 is 2.58 bits per heavy atom. The minimum atomic E-state index is -3.29. The molecule has 1 saturated carbocycles. The van der Waals surface area contributed by atoms with Crippen molar-refractivity contribution in [2.75, 3.05) is 6.26 Å². The van der Waals surface area contributed by atoms with Crippen molar-refractivity contribution in [3.05, 3.63) is 58.9 Å². The van der Waals surface area contributed by atoms with Gasteiger partial charge < -0.3 is 10.1 Å². The number of nitrogens with one attached hydrogen (secondary N) is 1. The molecule has 1 aliphatic rings. The van der Waals surface area contributed by atoms with Crippen molar-refractivity contribution < 1.29 is 17.9 Å². The average Bonchev–Trinajstić information content (AvgIpc) is 3.27. The number of ether oxygens (including phenoxy) is 1. The predicted molar refractivity (Wildman–Crippen MR) is 115 cm³/mol. The number of nitrogens with zero attached hydrogens (tertiary/aromatic N) is 3. The summed E-state index contributed by atoms with van der Waals surface area (Å²) in [5.74, 6) is 0.958. The van der Waals surface area contributed by atoms with Gasteiger partial charge in [-0.05, 0) is 44.0 Å². The Bertz CT molecular complexity index is 1120. The number of hydrogen-bond acceptors (Lipinski definition) is 7. The van der Waals surface area contributed by atoms with Gasteiger partial charge in [-0.3, -0.25) is 4.79 Å². The first-order valence-corrected chi connectivity index (χ1v) is 11.9. The summed E-state index contributed by atoms with van der Waals surface area (Å²) in [5.41, 5.74) is 0.636. The quantitative estimate of drug-likeness (QED) is 0.699. The molecule has 0 bridgehead atoms. The van der Waals surface area contributed by atoms with Crippen molar-refractivity contribution in [3.8, 4) is 17.7 Å². The number of carbonyl (C=O) groups excluding carboxylic acids is 1. The molecule has 2 aromatic rings. The predicted octanol–water partition coefficient (Wildman–Crippen LogP) is 3.47. The number of hydrogen-bond donors (Lipinski definition) is 1. The molecular weight excluding hydrogens is 416 g/mol. The molecule has 3 rings (SSSR count). The lowest BCUT2D eigenvalue weighted by atomic mass is 10.1. The Labute approximate surface area is 181 Å². The molecule has 9 heteroatoms. The van der Waals surface area contributed by atoms with E-state index in [1.165, 1.54) is 12.3 Å². The van der Waals surface area contributed by atoms with Crippen LogP contribution in [0.3, 0.4) is 0 Å². The number of carbonyl (C=O) groups is 1. The molecule has 1 fully saturated rings. The standard InChI is InChI=1S/C22H24N4O4S/c1-15(11-12-31(2,28)29)25-21(27)19-14-24-20(17-5-3-4-6-17)26-22(19)30-18-9-7-16(13-23)8-10-18/h7-12,14-15,17H,3-6H2,1-2H3,(H,25,27)/b12-11+. The second-order valence-corrected chi connectivity index (χ2v) is 9.52. The summed E-state index contributed by atoms with van der Waals surface area (Å²) in [6, 6.07) is 8.02. The first-order chi connectivity index (χ1) is 14.7. The normalized spacial score (nSPS) is 15.5. The third-order valence-corrected chi connectivity index (χ3v) is 5.56. The molecule has 1 aromatic carbocycles. The number of aromatic nitrogens is 2. The zero-order valence-electron chi connectivity index (χ0n) is 17.4. The summed E-state index contributed by atoms with van der Waals surface area (Å²) in [5, 5.41) is 12.7. The Morgan fingerprint density at radius 1 is 1.29 bits per heavy atom. The highest BCUT2D eigenvalue weighted by molar-refractivity contribution is 7.93. The van der Waals surface area contributed by atoms with Crippen LogP contribution in [0.2, 0.25) is 0 Å². The summed E-state index contributed by atoms with van der Waals surface area (Å²) < 4.78 is 28.5. The molecule has 1 aliphatic carbocycles. The largest absolute Gasteiger partial charge is 0.438 e. The molecule has 0 radical (unpaired) electrons. The Hall–Kier alpha value is -3.25. The first-order valence-electron chi connectivity index (χ1n) is 9.99. The summed E-state index contributed by atoms with van der Waals surface area (Å²) in [7, 11) is -3.29. The van der Waals surface area contributed by atoms with Crippen LogP contribution < -0.4 is 10.1 Å². The van der Waals surface area contributed by atoms with Crippen molar-refractivity contribution in [2.24, 2.45) is 0 Å². The maximum Gasteiger partial charge on any atom is 0.258 e. The Kier molecular flexibility index (Phi) is 7.02. The average molecular weight is 441 g/mol. The number of rotatable bonds is 7. The van der Waals surface area contributed by atoms with Gasteiger partial charge in [0.1, 0.15) is 17.1 Å². The van der Waals surface area contributed by atoms with Crippen LogP contribution in [0.4, 0.5) is 0 Å². The lowest BCUT2D eigenvalue weighted by Gasteiger charge is -2.15. The third-order valence-electron chi connectivity index (χ3n) is 4.91. The molecule has 1 heterocycles. The van der Waals surface area contributed by atoms with Gasteiger partial charge in [-0.15, -0.1) is 0 Å². The second kappa shape index (κ2) is 9.71. The van der Waals surface area contributed by atoms with E-state index in [4.69, 9.17) is 10.00 Å². The molecular formula is C22H24N4O4S. The van der Waals surface area contributed by atoms with E-state index >= 15 is 0 Å². The van der Waals surface area contributed by atoms with Crippen LogP contribution in [0.25, 0.3) is 0 Å². The minimum Gasteiger partial charge on any atom is -0.438 e. The monoisotopic (exact) mass is 440 g/mol. The molecule has 1 amide bonds. The van der Waals surface area contributed by atoms with E-state index in [-0.39, 0.29) is 17.4 Å². The van der Waals surface area contributed by atoms with Gasteiger partial charge in [0.25, 0.3) is 5.91 Å². The van der Waals surface area contributed by atoms with E-state index in [1.807, 2.05) is 6.07 Å². The summed E-state index contributed by atoms with van der Waals surface area (Å²) in [4.78, 5) is 21.8. The highest BCUT2D eigenvalue weighted by atomic mass is 32.2. The summed E-state index contributed by atoms with van der Waals surface area (Å²) in [6.45, 7) is 1.66. The molecule has 1 aromatic heterocycles. The number of amides is 1. The van der Waals surface area contributed by atoms with Crippen molar-refractivity contribution in [3.63, 3.8) is 0 Å². The SMILES string of the molecule is CC(/C=C/S(C)(=O)=O)NC(=O)c1cnc(C2CCCC2)nc1Oc1ccc(C#N)cc1. The molecule has 31 heavy (non-hydrogen) atoms. The number of nitriles is 1. The van der Waals surface area contributed by atoms with E-state index in [0.29, 0.717) is 17.1 Å². The van der Waals surface area contributed by atoms with Gasteiger partial charge in [-0.25, -0.2) is 13.4 Å². The highest BCUT2D eigenvalue weighted by Gasteiger charge is 2.24. The van der Waals surface area contributed by atoms with E-state index in [2.05, 4.69) is 15.3 Å². The van der Waals surface area contributed by atoms with E-state index in [1.54, 1.807) is 31.2 Å². The van der Waals surface area contributed by atoms with Crippen molar-refractivity contribution in [1.82, 2.24) is 15.3 Å².